The Kier molecular flexibility index (Phi) is 7.91. The largest absolute Gasteiger partial charge is 0.469 e. The average molecular weight is 375 g/mol. The number of methoxy groups -OCH3 is 1. The highest BCUT2D eigenvalue weighted by molar-refractivity contribution is 8.17. The number of benzene rings is 2. The number of esters is 1. The molecule has 25 heavy (non-hydrogen) atoms. The molecular weight excluding hydrogens is 348 g/mol. The Labute approximate surface area is 159 Å². The van der Waals surface area contributed by atoms with Crippen LogP contribution >= 0.6 is 23.5 Å². The van der Waals surface area contributed by atoms with Crippen LogP contribution in [-0.2, 0) is 21.0 Å². The Morgan fingerprint density at radius 1 is 0.920 bits per heavy atom. The van der Waals surface area contributed by atoms with Crippen LogP contribution in [0, 0.1) is 5.92 Å². The first kappa shape index (κ1) is 19.9. The lowest BCUT2D eigenvalue weighted by molar-refractivity contribution is -0.140. The van der Waals surface area contributed by atoms with Gasteiger partial charge < -0.3 is 4.74 Å². The van der Waals surface area contributed by atoms with Gasteiger partial charge in [0.05, 0.1) is 17.6 Å². The fourth-order valence-corrected chi connectivity index (χ4v) is 5.51. The van der Waals surface area contributed by atoms with Gasteiger partial charge in [0.15, 0.2) is 0 Å². The molecule has 0 aliphatic heterocycles. The molecule has 2 aromatic carbocycles. The number of carbonyl (C=O) groups excluding carboxylic acids is 1. The van der Waals surface area contributed by atoms with Crippen molar-refractivity contribution >= 4 is 29.5 Å². The zero-order valence-electron chi connectivity index (χ0n) is 15.1. The van der Waals surface area contributed by atoms with Crippen LogP contribution in [0.5, 0.6) is 0 Å². The molecule has 0 radical (unpaired) electrons. The first-order chi connectivity index (χ1) is 12.1. The van der Waals surface area contributed by atoms with Crippen LogP contribution in [0.15, 0.2) is 60.7 Å². The number of hydrogen-bond acceptors (Lipinski definition) is 4. The normalized spacial score (nSPS) is 11.5. The van der Waals surface area contributed by atoms with Crippen molar-refractivity contribution < 1.29 is 9.53 Å². The summed E-state index contributed by atoms with van der Waals surface area (Å²) in [4.78, 5) is 12.1. The summed E-state index contributed by atoms with van der Waals surface area (Å²) in [6.07, 6.45) is 0.413. The molecule has 0 fully saturated rings. The lowest BCUT2D eigenvalue weighted by Crippen LogP contribution is -2.31. The lowest BCUT2D eigenvalue weighted by Gasteiger charge is -2.36. The van der Waals surface area contributed by atoms with Crippen LogP contribution in [0.3, 0.4) is 0 Å². The molecule has 2 nitrogen and oxygen atoms in total. The maximum atomic E-state index is 12.1. The van der Waals surface area contributed by atoms with E-state index in [2.05, 4.69) is 62.4 Å². The van der Waals surface area contributed by atoms with Crippen LogP contribution in [0.1, 0.15) is 31.4 Å². The summed E-state index contributed by atoms with van der Waals surface area (Å²) in [5, 5.41) is 0. The van der Waals surface area contributed by atoms with E-state index in [1.165, 1.54) is 18.2 Å². The van der Waals surface area contributed by atoms with Crippen molar-refractivity contribution in [1.82, 2.24) is 0 Å². The van der Waals surface area contributed by atoms with E-state index in [-0.39, 0.29) is 10.0 Å². The van der Waals surface area contributed by atoms with Gasteiger partial charge in [-0.3, -0.25) is 4.79 Å². The van der Waals surface area contributed by atoms with E-state index in [0.29, 0.717) is 12.3 Å². The molecule has 2 rings (SSSR count). The Hall–Kier alpha value is -1.39. The van der Waals surface area contributed by atoms with Crippen LogP contribution in [0.4, 0.5) is 0 Å². The number of carbonyl (C=O) groups is 1. The van der Waals surface area contributed by atoms with Crippen molar-refractivity contribution in [2.75, 3.05) is 7.11 Å². The molecule has 134 valence electrons. The topological polar surface area (TPSA) is 26.3 Å². The third-order valence-electron chi connectivity index (χ3n) is 4.15. The first-order valence-corrected chi connectivity index (χ1v) is 10.5. The minimum atomic E-state index is -0.210. The number of ether oxygens (including phenoxy) is 1. The molecule has 0 N–H and O–H groups in total. The molecule has 0 bridgehead atoms. The summed E-state index contributed by atoms with van der Waals surface area (Å²) < 4.78 is 4.78. The minimum absolute atomic E-state index is 0.144. The van der Waals surface area contributed by atoms with Gasteiger partial charge in [0.25, 0.3) is 0 Å². The highest BCUT2D eigenvalue weighted by atomic mass is 32.2. The molecule has 0 saturated carbocycles. The third-order valence-corrected chi connectivity index (χ3v) is 8.02. The fourth-order valence-electron chi connectivity index (χ4n) is 2.51. The van der Waals surface area contributed by atoms with E-state index in [0.717, 1.165) is 11.5 Å². The summed E-state index contributed by atoms with van der Waals surface area (Å²) in [6, 6.07) is 20.8. The summed E-state index contributed by atoms with van der Waals surface area (Å²) in [5.74, 6) is 1.97. The van der Waals surface area contributed by atoms with Crippen LogP contribution in [-0.4, -0.2) is 17.2 Å². The van der Waals surface area contributed by atoms with Gasteiger partial charge in [-0.15, -0.1) is 23.5 Å². The second kappa shape index (κ2) is 9.93. The molecule has 0 aliphatic rings. The van der Waals surface area contributed by atoms with Gasteiger partial charge >= 0.3 is 5.97 Å². The van der Waals surface area contributed by atoms with Crippen molar-refractivity contribution in [3.8, 4) is 0 Å². The summed E-state index contributed by atoms with van der Waals surface area (Å²) in [7, 11) is 1.47. The third kappa shape index (κ3) is 6.12. The summed E-state index contributed by atoms with van der Waals surface area (Å²) in [6.45, 7) is 4.39. The lowest BCUT2D eigenvalue weighted by atomic mass is 10.1. The Morgan fingerprint density at radius 3 is 1.72 bits per heavy atom. The van der Waals surface area contributed by atoms with Crippen LogP contribution < -0.4 is 0 Å². The molecule has 0 spiro atoms. The monoisotopic (exact) mass is 374 g/mol. The van der Waals surface area contributed by atoms with Gasteiger partial charge in [-0.1, -0.05) is 74.5 Å². The Balaban J connectivity index is 2.16. The van der Waals surface area contributed by atoms with E-state index >= 15 is 0 Å². The van der Waals surface area contributed by atoms with Crippen molar-refractivity contribution in [3.05, 3.63) is 71.8 Å². The maximum Gasteiger partial charge on any atom is 0.307 e. The molecular formula is C21H26O2S2. The summed E-state index contributed by atoms with van der Waals surface area (Å²) >= 11 is 3.71. The van der Waals surface area contributed by atoms with Crippen LogP contribution in [0.2, 0.25) is 0 Å². The molecule has 0 amide bonds. The summed E-state index contributed by atoms with van der Waals surface area (Å²) in [5.41, 5.74) is 2.56. The molecule has 0 unspecified atom stereocenters. The molecule has 0 aromatic heterocycles. The molecule has 0 aliphatic carbocycles. The molecule has 2 aromatic rings. The standard InChI is InChI=1S/C21H26O2S2/c1-17(2)21(14-20(22)23-3,24-15-18-10-6-4-7-11-18)25-16-19-12-8-5-9-13-19/h4-13,17H,14-16H2,1-3H3. The number of thioether (sulfide) groups is 2. The quantitative estimate of drug-likeness (QED) is 0.411. The Morgan fingerprint density at radius 2 is 1.36 bits per heavy atom. The average Bonchev–Trinajstić information content (AvgIpc) is 2.65. The van der Waals surface area contributed by atoms with E-state index in [9.17, 15) is 4.79 Å². The van der Waals surface area contributed by atoms with Crippen molar-refractivity contribution in [2.45, 2.75) is 35.9 Å². The van der Waals surface area contributed by atoms with E-state index in [1.54, 1.807) is 0 Å². The zero-order chi connectivity index (χ0) is 18.1. The molecule has 0 atom stereocenters. The molecule has 0 heterocycles. The highest BCUT2D eigenvalue weighted by Crippen LogP contribution is 2.49. The SMILES string of the molecule is COC(=O)CC(SCc1ccccc1)(SCc1ccccc1)C(C)C. The number of hydrogen-bond donors (Lipinski definition) is 0. The number of rotatable bonds is 9. The van der Waals surface area contributed by atoms with Gasteiger partial charge in [0.1, 0.15) is 0 Å². The predicted molar refractivity (Wildman–Crippen MR) is 110 cm³/mol. The second-order valence-corrected chi connectivity index (χ2v) is 9.14. The minimum Gasteiger partial charge on any atom is -0.469 e. The van der Waals surface area contributed by atoms with Crippen molar-refractivity contribution in [3.63, 3.8) is 0 Å². The second-order valence-electron chi connectivity index (χ2n) is 6.27. The first-order valence-electron chi connectivity index (χ1n) is 8.48. The van der Waals surface area contributed by atoms with Gasteiger partial charge in [0, 0.05) is 11.5 Å². The van der Waals surface area contributed by atoms with Gasteiger partial charge in [-0.2, -0.15) is 0 Å². The fraction of sp³-hybridized carbons (Fsp3) is 0.381. The van der Waals surface area contributed by atoms with Crippen LogP contribution in [0.25, 0.3) is 0 Å². The van der Waals surface area contributed by atoms with E-state index < -0.39 is 0 Å². The van der Waals surface area contributed by atoms with E-state index in [4.69, 9.17) is 4.74 Å². The van der Waals surface area contributed by atoms with E-state index in [1.807, 2.05) is 35.7 Å². The highest BCUT2D eigenvalue weighted by Gasteiger charge is 2.37. The smallest absolute Gasteiger partial charge is 0.307 e. The van der Waals surface area contributed by atoms with Crippen molar-refractivity contribution in [1.29, 1.82) is 0 Å². The maximum absolute atomic E-state index is 12.1. The molecule has 0 saturated heterocycles. The van der Waals surface area contributed by atoms with Crippen molar-refractivity contribution in [2.24, 2.45) is 5.92 Å². The van der Waals surface area contributed by atoms with Gasteiger partial charge in [-0.25, -0.2) is 0 Å². The Bertz CT molecular complexity index is 598. The van der Waals surface area contributed by atoms with Gasteiger partial charge in [-0.05, 0) is 17.0 Å². The zero-order valence-corrected chi connectivity index (χ0v) is 16.7. The van der Waals surface area contributed by atoms with Gasteiger partial charge in [0.2, 0.25) is 0 Å². The molecule has 4 heteroatoms. The predicted octanol–water partition coefficient (Wildman–Crippen LogP) is 5.77.